The number of halogens is 1. The SMILES string of the molecule is CCCC(C(C[N+](=O)[O-])=NC)c1ccc(Cl)nc1. The van der Waals surface area contributed by atoms with Crippen LogP contribution in [0.1, 0.15) is 31.2 Å². The van der Waals surface area contributed by atoms with Crippen molar-refractivity contribution in [2.45, 2.75) is 25.7 Å². The van der Waals surface area contributed by atoms with E-state index in [1.54, 1.807) is 19.3 Å². The monoisotopic (exact) mass is 269 g/mol. The van der Waals surface area contributed by atoms with Gasteiger partial charge >= 0.3 is 0 Å². The van der Waals surface area contributed by atoms with Crippen molar-refractivity contribution in [3.05, 3.63) is 39.2 Å². The van der Waals surface area contributed by atoms with Gasteiger partial charge in [-0.15, -0.1) is 0 Å². The largest absolute Gasteiger partial charge is 0.290 e. The Balaban J connectivity index is 3.00. The second-order valence-corrected chi connectivity index (χ2v) is 4.35. The van der Waals surface area contributed by atoms with Crippen molar-refractivity contribution in [1.82, 2.24) is 4.98 Å². The number of nitro groups is 1. The van der Waals surface area contributed by atoms with Crippen LogP contribution in [0.2, 0.25) is 5.15 Å². The Bertz CT molecular complexity index is 431. The Morgan fingerprint density at radius 1 is 1.61 bits per heavy atom. The molecule has 0 N–H and O–H groups in total. The van der Waals surface area contributed by atoms with Gasteiger partial charge in [-0.25, -0.2) is 4.98 Å². The molecule has 1 heterocycles. The van der Waals surface area contributed by atoms with Crippen LogP contribution in [-0.2, 0) is 0 Å². The molecule has 18 heavy (non-hydrogen) atoms. The Morgan fingerprint density at radius 3 is 2.78 bits per heavy atom. The van der Waals surface area contributed by atoms with Crippen LogP contribution in [0.25, 0.3) is 0 Å². The summed E-state index contributed by atoms with van der Waals surface area (Å²) in [6.45, 7) is 1.81. The summed E-state index contributed by atoms with van der Waals surface area (Å²) in [6.07, 6.45) is 3.39. The first kappa shape index (κ1) is 14.6. The zero-order valence-corrected chi connectivity index (χ0v) is 11.2. The van der Waals surface area contributed by atoms with Gasteiger partial charge in [-0.05, 0) is 18.1 Å². The summed E-state index contributed by atoms with van der Waals surface area (Å²) >= 11 is 5.74. The summed E-state index contributed by atoms with van der Waals surface area (Å²) in [4.78, 5) is 18.4. The third-order valence-electron chi connectivity index (χ3n) is 2.71. The van der Waals surface area contributed by atoms with Gasteiger partial charge in [0, 0.05) is 24.1 Å². The molecule has 0 aliphatic rings. The maximum absolute atomic E-state index is 10.7. The summed E-state index contributed by atoms with van der Waals surface area (Å²) in [5.41, 5.74) is 1.50. The minimum absolute atomic E-state index is 0.0600. The first-order valence-electron chi connectivity index (χ1n) is 5.77. The van der Waals surface area contributed by atoms with E-state index < -0.39 is 0 Å². The molecule has 0 saturated heterocycles. The third-order valence-corrected chi connectivity index (χ3v) is 2.93. The maximum atomic E-state index is 10.7. The van der Waals surface area contributed by atoms with Gasteiger partial charge in [0.05, 0.1) is 5.71 Å². The van der Waals surface area contributed by atoms with Crippen LogP contribution in [0.3, 0.4) is 0 Å². The average molecular weight is 270 g/mol. The van der Waals surface area contributed by atoms with E-state index in [0.717, 1.165) is 18.4 Å². The normalized spacial score (nSPS) is 13.4. The second-order valence-electron chi connectivity index (χ2n) is 3.96. The molecular weight excluding hydrogens is 254 g/mol. The fourth-order valence-electron chi connectivity index (χ4n) is 1.88. The minimum Gasteiger partial charge on any atom is -0.290 e. The number of rotatable bonds is 6. The van der Waals surface area contributed by atoms with Crippen LogP contribution in [0, 0.1) is 10.1 Å². The highest BCUT2D eigenvalue weighted by molar-refractivity contribution is 6.29. The fraction of sp³-hybridized carbons (Fsp3) is 0.500. The van der Waals surface area contributed by atoms with Gasteiger partial charge in [0.1, 0.15) is 5.15 Å². The van der Waals surface area contributed by atoms with E-state index in [1.165, 1.54) is 0 Å². The van der Waals surface area contributed by atoms with Crippen molar-refractivity contribution in [2.24, 2.45) is 4.99 Å². The van der Waals surface area contributed by atoms with E-state index in [9.17, 15) is 10.1 Å². The molecule has 1 atom stereocenters. The Kier molecular flexibility index (Phi) is 5.71. The summed E-state index contributed by atoms with van der Waals surface area (Å²) in [6, 6.07) is 3.54. The van der Waals surface area contributed by atoms with E-state index in [1.807, 2.05) is 13.0 Å². The van der Waals surface area contributed by atoms with Crippen molar-refractivity contribution in [3.63, 3.8) is 0 Å². The molecule has 0 bridgehead atoms. The Morgan fingerprint density at radius 2 is 2.33 bits per heavy atom. The van der Waals surface area contributed by atoms with Gasteiger partial charge < -0.3 is 0 Å². The van der Waals surface area contributed by atoms with Gasteiger partial charge in [0.25, 0.3) is 0 Å². The zero-order chi connectivity index (χ0) is 13.5. The summed E-state index contributed by atoms with van der Waals surface area (Å²) in [5.74, 6) is -0.0600. The molecule has 5 nitrogen and oxygen atoms in total. The van der Waals surface area contributed by atoms with Crippen LogP contribution in [-0.4, -0.2) is 29.2 Å². The van der Waals surface area contributed by atoms with Crippen molar-refractivity contribution < 1.29 is 4.92 Å². The fourth-order valence-corrected chi connectivity index (χ4v) is 1.99. The van der Waals surface area contributed by atoms with Crippen LogP contribution < -0.4 is 0 Å². The highest BCUT2D eigenvalue weighted by Crippen LogP contribution is 2.23. The molecule has 0 spiro atoms. The molecule has 1 unspecified atom stereocenters. The van der Waals surface area contributed by atoms with Gasteiger partial charge in [-0.1, -0.05) is 31.0 Å². The summed E-state index contributed by atoms with van der Waals surface area (Å²) in [7, 11) is 1.59. The number of aliphatic imine (C=N–C) groups is 1. The van der Waals surface area contributed by atoms with E-state index >= 15 is 0 Å². The topological polar surface area (TPSA) is 68.4 Å². The van der Waals surface area contributed by atoms with E-state index in [2.05, 4.69) is 9.98 Å². The molecule has 0 radical (unpaired) electrons. The lowest BCUT2D eigenvalue weighted by atomic mass is 9.91. The highest BCUT2D eigenvalue weighted by atomic mass is 35.5. The molecule has 1 aromatic rings. The van der Waals surface area contributed by atoms with Gasteiger partial charge in [0.15, 0.2) is 0 Å². The van der Waals surface area contributed by atoms with Crippen molar-refractivity contribution in [1.29, 1.82) is 0 Å². The van der Waals surface area contributed by atoms with Crippen LogP contribution in [0.5, 0.6) is 0 Å². The quantitative estimate of drug-likeness (QED) is 0.345. The molecule has 0 fully saturated rings. The molecule has 0 aromatic carbocycles. The van der Waals surface area contributed by atoms with Crippen molar-refractivity contribution in [3.8, 4) is 0 Å². The number of pyridine rings is 1. The van der Waals surface area contributed by atoms with E-state index in [4.69, 9.17) is 11.6 Å². The Hall–Kier alpha value is -1.49. The average Bonchev–Trinajstić information content (AvgIpc) is 2.34. The molecule has 0 aliphatic carbocycles. The minimum atomic E-state index is -0.353. The lowest BCUT2D eigenvalue weighted by molar-refractivity contribution is -0.463. The molecule has 0 aliphatic heterocycles. The lowest BCUT2D eigenvalue weighted by Crippen LogP contribution is -2.22. The number of hydrogen-bond donors (Lipinski definition) is 0. The van der Waals surface area contributed by atoms with Crippen molar-refractivity contribution in [2.75, 3.05) is 13.6 Å². The van der Waals surface area contributed by atoms with E-state index in [-0.39, 0.29) is 17.4 Å². The van der Waals surface area contributed by atoms with E-state index in [0.29, 0.717) is 10.9 Å². The smallest absolute Gasteiger partial charge is 0.241 e. The predicted molar refractivity (Wildman–Crippen MR) is 72.1 cm³/mol. The predicted octanol–water partition coefficient (Wildman–Crippen LogP) is 2.97. The molecule has 1 aromatic heterocycles. The molecule has 0 amide bonds. The summed E-state index contributed by atoms with van der Waals surface area (Å²) < 4.78 is 0. The van der Waals surface area contributed by atoms with Gasteiger partial charge in [-0.3, -0.25) is 15.1 Å². The van der Waals surface area contributed by atoms with Gasteiger partial charge in [0.2, 0.25) is 6.54 Å². The Labute approximate surface area is 111 Å². The second kappa shape index (κ2) is 7.06. The number of nitrogens with zero attached hydrogens (tertiary/aromatic N) is 3. The molecule has 98 valence electrons. The molecular formula is C12H16ClN3O2. The maximum Gasteiger partial charge on any atom is 0.241 e. The molecule has 6 heteroatoms. The van der Waals surface area contributed by atoms with Crippen LogP contribution in [0.15, 0.2) is 23.3 Å². The summed E-state index contributed by atoms with van der Waals surface area (Å²) in [5, 5.41) is 11.1. The lowest BCUT2D eigenvalue weighted by Gasteiger charge is -2.16. The first-order valence-corrected chi connectivity index (χ1v) is 6.15. The van der Waals surface area contributed by atoms with Crippen molar-refractivity contribution >= 4 is 17.3 Å². The molecule has 0 saturated carbocycles. The van der Waals surface area contributed by atoms with Crippen LogP contribution in [0.4, 0.5) is 0 Å². The molecule has 1 rings (SSSR count). The highest BCUT2D eigenvalue weighted by Gasteiger charge is 2.21. The number of aromatic nitrogens is 1. The first-order chi connectivity index (χ1) is 8.58. The third kappa shape index (κ3) is 4.07. The standard InChI is InChI=1S/C12H16ClN3O2/c1-3-4-10(11(14-2)8-16(17)18)9-5-6-12(13)15-7-9/h5-7,10H,3-4,8H2,1-2H3. The zero-order valence-electron chi connectivity index (χ0n) is 10.5. The number of hydrogen-bond acceptors (Lipinski definition) is 4. The van der Waals surface area contributed by atoms with Gasteiger partial charge in [-0.2, -0.15) is 0 Å². The van der Waals surface area contributed by atoms with Crippen LogP contribution >= 0.6 is 11.6 Å².